The lowest BCUT2D eigenvalue weighted by atomic mass is 9.91. The zero-order chi connectivity index (χ0) is 19.3. The molecular weight excluding hydrogens is 354 g/mol. The summed E-state index contributed by atoms with van der Waals surface area (Å²) in [5.74, 6) is 0.840. The molecule has 0 bridgehead atoms. The van der Waals surface area contributed by atoms with Gasteiger partial charge in [-0.3, -0.25) is 9.69 Å². The number of carbonyl (C=O) groups is 1. The predicted molar refractivity (Wildman–Crippen MR) is 107 cm³/mol. The fourth-order valence-corrected chi connectivity index (χ4v) is 5.00. The first kappa shape index (κ1) is 19.7. The molecule has 1 aromatic heterocycles. The standard InChI is InChI=1S/C21H33N5O2/c22-18-2-1-17(13-26(14-18)19-6-11-28-12-7-19)21(27)25-9-4-16(5-10-25)20-3-8-23-15-24-20/h3,8,15-19H,1-2,4-7,9-14,22H2/t17-,18+/m1/s1. The number of hydrogen-bond donors (Lipinski definition) is 1. The lowest BCUT2D eigenvalue weighted by Crippen LogP contribution is -2.48. The van der Waals surface area contributed by atoms with Crippen LogP contribution in [0.15, 0.2) is 18.6 Å². The quantitative estimate of drug-likeness (QED) is 0.844. The zero-order valence-electron chi connectivity index (χ0n) is 16.7. The number of likely N-dealkylation sites (tertiary alicyclic amines) is 2. The van der Waals surface area contributed by atoms with Crippen molar-refractivity contribution < 1.29 is 9.53 Å². The molecule has 3 aliphatic heterocycles. The summed E-state index contributed by atoms with van der Waals surface area (Å²) < 4.78 is 5.52. The fraction of sp³-hybridized carbons (Fsp3) is 0.762. The second-order valence-corrected chi connectivity index (χ2v) is 8.57. The smallest absolute Gasteiger partial charge is 0.226 e. The largest absolute Gasteiger partial charge is 0.381 e. The van der Waals surface area contributed by atoms with Gasteiger partial charge in [0.1, 0.15) is 6.33 Å². The maximum atomic E-state index is 13.3. The van der Waals surface area contributed by atoms with Gasteiger partial charge >= 0.3 is 0 Å². The molecule has 1 amide bonds. The summed E-state index contributed by atoms with van der Waals surface area (Å²) in [7, 11) is 0. The molecule has 7 heteroatoms. The molecule has 28 heavy (non-hydrogen) atoms. The molecule has 0 saturated carbocycles. The van der Waals surface area contributed by atoms with Gasteiger partial charge in [-0.1, -0.05) is 0 Å². The molecule has 7 nitrogen and oxygen atoms in total. The van der Waals surface area contributed by atoms with Crippen molar-refractivity contribution in [2.24, 2.45) is 11.7 Å². The number of hydrogen-bond acceptors (Lipinski definition) is 6. The Hall–Kier alpha value is -1.57. The molecule has 0 radical (unpaired) electrons. The molecule has 3 aliphatic rings. The normalized spacial score (nSPS) is 28.8. The molecule has 3 fully saturated rings. The van der Waals surface area contributed by atoms with E-state index in [1.54, 1.807) is 12.5 Å². The topological polar surface area (TPSA) is 84.6 Å². The number of aromatic nitrogens is 2. The highest BCUT2D eigenvalue weighted by molar-refractivity contribution is 5.79. The van der Waals surface area contributed by atoms with E-state index in [0.29, 0.717) is 17.9 Å². The van der Waals surface area contributed by atoms with Gasteiger partial charge in [-0.05, 0) is 44.6 Å². The van der Waals surface area contributed by atoms with E-state index in [4.69, 9.17) is 10.5 Å². The molecule has 2 N–H and O–H groups in total. The van der Waals surface area contributed by atoms with E-state index < -0.39 is 0 Å². The van der Waals surface area contributed by atoms with Crippen molar-refractivity contribution in [1.82, 2.24) is 19.8 Å². The zero-order valence-corrected chi connectivity index (χ0v) is 16.7. The summed E-state index contributed by atoms with van der Waals surface area (Å²) in [5, 5.41) is 0. The molecule has 2 atom stereocenters. The molecule has 1 aromatic rings. The first-order valence-corrected chi connectivity index (χ1v) is 10.8. The van der Waals surface area contributed by atoms with Crippen LogP contribution in [0.2, 0.25) is 0 Å². The van der Waals surface area contributed by atoms with E-state index in [-0.39, 0.29) is 12.0 Å². The number of amides is 1. The lowest BCUT2D eigenvalue weighted by Gasteiger charge is -2.37. The van der Waals surface area contributed by atoms with Crippen molar-refractivity contribution in [1.29, 1.82) is 0 Å². The minimum atomic E-state index is 0.0759. The number of nitrogens with zero attached hydrogens (tertiary/aromatic N) is 4. The maximum Gasteiger partial charge on any atom is 0.226 e. The van der Waals surface area contributed by atoms with Crippen LogP contribution in [0, 0.1) is 5.92 Å². The van der Waals surface area contributed by atoms with Crippen molar-refractivity contribution in [3.05, 3.63) is 24.3 Å². The Kier molecular flexibility index (Phi) is 6.54. The predicted octanol–water partition coefficient (Wildman–Crippen LogP) is 1.40. The summed E-state index contributed by atoms with van der Waals surface area (Å²) in [6.07, 6.45) is 9.35. The van der Waals surface area contributed by atoms with E-state index in [2.05, 4.69) is 19.8 Å². The van der Waals surface area contributed by atoms with Crippen molar-refractivity contribution >= 4 is 5.91 Å². The lowest BCUT2D eigenvalue weighted by molar-refractivity contribution is -0.137. The maximum absolute atomic E-state index is 13.3. The van der Waals surface area contributed by atoms with Crippen LogP contribution in [0.4, 0.5) is 0 Å². The molecule has 0 aliphatic carbocycles. The van der Waals surface area contributed by atoms with Crippen LogP contribution in [-0.2, 0) is 9.53 Å². The van der Waals surface area contributed by atoms with E-state index in [1.165, 1.54) is 0 Å². The first-order valence-electron chi connectivity index (χ1n) is 10.8. The molecular formula is C21H33N5O2. The highest BCUT2D eigenvalue weighted by Gasteiger charge is 2.34. The Morgan fingerprint density at radius 3 is 2.57 bits per heavy atom. The number of rotatable bonds is 3. The van der Waals surface area contributed by atoms with Crippen LogP contribution >= 0.6 is 0 Å². The Morgan fingerprint density at radius 2 is 1.86 bits per heavy atom. The molecule has 154 valence electrons. The minimum Gasteiger partial charge on any atom is -0.381 e. The first-order chi connectivity index (χ1) is 13.7. The summed E-state index contributed by atoms with van der Waals surface area (Å²) >= 11 is 0. The molecule has 4 rings (SSSR count). The number of carbonyl (C=O) groups excluding carboxylic acids is 1. The summed E-state index contributed by atoms with van der Waals surface area (Å²) in [6.45, 7) is 5.06. The number of nitrogens with two attached hydrogens (primary N) is 1. The molecule has 4 heterocycles. The monoisotopic (exact) mass is 387 g/mol. The average molecular weight is 388 g/mol. The van der Waals surface area contributed by atoms with Crippen LogP contribution in [0.1, 0.15) is 50.1 Å². The van der Waals surface area contributed by atoms with E-state index in [9.17, 15) is 4.79 Å². The fourth-order valence-electron chi connectivity index (χ4n) is 5.00. The molecule has 0 spiro atoms. The molecule has 0 aromatic carbocycles. The second kappa shape index (κ2) is 9.29. The van der Waals surface area contributed by atoms with Crippen molar-refractivity contribution in [2.75, 3.05) is 39.4 Å². The molecule has 3 saturated heterocycles. The van der Waals surface area contributed by atoms with E-state index in [0.717, 1.165) is 83.6 Å². The van der Waals surface area contributed by atoms with Crippen LogP contribution in [0.5, 0.6) is 0 Å². The summed E-state index contributed by atoms with van der Waals surface area (Å²) in [6, 6.07) is 2.68. The van der Waals surface area contributed by atoms with Gasteiger partial charge in [0.15, 0.2) is 0 Å². The number of ether oxygens (including phenoxy) is 1. The van der Waals surface area contributed by atoms with Crippen LogP contribution in [0.3, 0.4) is 0 Å². The van der Waals surface area contributed by atoms with Gasteiger partial charge in [-0.15, -0.1) is 0 Å². The third kappa shape index (κ3) is 4.70. The molecule has 0 unspecified atom stereocenters. The Balaban J connectivity index is 1.35. The van der Waals surface area contributed by atoms with Gasteiger partial charge in [-0.25, -0.2) is 9.97 Å². The Labute approximate surface area is 167 Å². The van der Waals surface area contributed by atoms with Gasteiger partial charge in [0.05, 0.1) is 5.92 Å². The summed E-state index contributed by atoms with van der Waals surface area (Å²) in [4.78, 5) is 26.3. The van der Waals surface area contributed by atoms with Gasteiger partial charge < -0.3 is 15.4 Å². The Bertz CT molecular complexity index is 629. The highest BCUT2D eigenvalue weighted by Crippen LogP contribution is 2.29. The van der Waals surface area contributed by atoms with Gasteiger partial charge in [-0.2, -0.15) is 0 Å². The van der Waals surface area contributed by atoms with Gasteiger partial charge in [0.25, 0.3) is 0 Å². The number of piperidine rings is 1. The van der Waals surface area contributed by atoms with Crippen molar-refractivity contribution in [3.8, 4) is 0 Å². The van der Waals surface area contributed by atoms with E-state index in [1.807, 2.05) is 6.07 Å². The van der Waals surface area contributed by atoms with Gasteiger partial charge in [0.2, 0.25) is 5.91 Å². The van der Waals surface area contributed by atoms with Crippen molar-refractivity contribution in [3.63, 3.8) is 0 Å². The third-order valence-electron chi connectivity index (χ3n) is 6.70. The van der Waals surface area contributed by atoms with E-state index >= 15 is 0 Å². The second-order valence-electron chi connectivity index (χ2n) is 8.57. The highest BCUT2D eigenvalue weighted by atomic mass is 16.5. The van der Waals surface area contributed by atoms with Crippen LogP contribution in [0.25, 0.3) is 0 Å². The summed E-state index contributed by atoms with van der Waals surface area (Å²) in [5.41, 5.74) is 7.45. The van der Waals surface area contributed by atoms with Crippen LogP contribution < -0.4 is 5.73 Å². The average Bonchev–Trinajstić information content (AvgIpc) is 2.96. The van der Waals surface area contributed by atoms with Crippen LogP contribution in [-0.4, -0.2) is 77.2 Å². The van der Waals surface area contributed by atoms with Crippen molar-refractivity contribution in [2.45, 2.75) is 56.5 Å². The minimum absolute atomic E-state index is 0.0759. The Morgan fingerprint density at radius 1 is 1.07 bits per heavy atom. The SMILES string of the molecule is N[C@H]1CC[C@@H](C(=O)N2CCC(c3ccncn3)CC2)CN(C2CCOCC2)C1. The van der Waals surface area contributed by atoms with Gasteiger partial charge in [0, 0.05) is 69.3 Å². The third-order valence-corrected chi connectivity index (χ3v) is 6.70.